The van der Waals surface area contributed by atoms with Gasteiger partial charge in [-0.2, -0.15) is 0 Å². The molecule has 0 atom stereocenters. The van der Waals surface area contributed by atoms with Crippen LogP contribution in [0, 0.1) is 6.92 Å². The van der Waals surface area contributed by atoms with Crippen LogP contribution in [0.5, 0.6) is 5.75 Å². The van der Waals surface area contributed by atoms with Gasteiger partial charge in [-0.25, -0.2) is 13.4 Å². The molecule has 1 amide bonds. The van der Waals surface area contributed by atoms with Crippen molar-refractivity contribution in [1.29, 1.82) is 0 Å². The molecule has 0 unspecified atom stereocenters. The lowest BCUT2D eigenvalue weighted by Crippen LogP contribution is -2.32. The summed E-state index contributed by atoms with van der Waals surface area (Å²) in [5.41, 5.74) is 3.97. The Morgan fingerprint density at radius 2 is 1.68 bits per heavy atom. The van der Waals surface area contributed by atoms with Crippen LogP contribution in [-0.4, -0.2) is 54.1 Å². The molecule has 37 heavy (non-hydrogen) atoms. The van der Waals surface area contributed by atoms with E-state index in [1.807, 2.05) is 43.4 Å². The minimum atomic E-state index is -3.43. The lowest BCUT2D eigenvalue weighted by molar-refractivity contribution is -0.130. The van der Waals surface area contributed by atoms with Crippen LogP contribution < -0.4 is 4.74 Å². The van der Waals surface area contributed by atoms with Crippen LogP contribution >= 0.6 is 11.6 Å². The maximum absolute atomic E-state index is 12.9. The summed E-state index contributed by atoms with van der Waals surface area (Å²) in [5.74, 6) is 0.445. The number of carbonyl (C=O) groups is 1. The SMILES string of the molecule is CCN(CC)C(=O)Cc1c(-c2ccc(OCCS(=O)(=O)c3ccc(C)cc3)cc2)nc2ccc(Cl)cn12. The van der Waals surface area contributed by atoms with Crippen LogP contribution in [0.25, 0.3) is 16.9 Å². The van der Waals surface area contributed by atoms with Gasteiger partial charge in [-0.3, -0.25) is 4.79 Å². The van der Waals surface area contributed by atoms with Gasteiger partial charge in [0, 0.05) is 24.8 Å². The summed E-state index contributed by atoms with van der Waals surface area (Å²) < 4.78 is 32.7. The van der Waals surface area contributed by atoms with Crippen molar-refractivity contribution in [3.05, 3.63) is 83.1 Å². The van der Waals surface area contributed by atoms with Crippen molar-refractivity contribution in [1.82, 2.24) is 14.3 Å². The van der Waals surface area contributed by atoms with E-state index in [4.69, 9.17) is 21.3 Å². The van der Waals surface area contributed by atoms with Crippen molar-refractivity contribution < 1.29 is 17.9 Å². The highest BCUT2D eigenvalue weighted by molar-refractivity contribution is 7.91. The number of nitrogens with zero attached hydrogens (tertiary/aromatic N) is 3. The molecule has 194 valence electrons. The van der Waals surface area contributed by atoms with Crippen molar-refractivity contribution in [3.63, 3.8) is 0 Å². The zero-order valence-electron chi connectivity index (χ0n) is 21.1. The zero-order valence-corrected chi connectivity index (χ0v) is 22.7. The molecule has 0 spiro atoms. The summed E-state index contributed by atoms with van der Waals surface area (Å²) in [6, 6.07) is 17.7. The number of rotatable bonds is 10. The third-order valence-corrected chi connectivity index (χ3v) is 8.16. The molecule has 2 aromatic carbocycles. The highest BCUT2D eigenvalue weighted by Gasteiger charge is 2.20. The molecule has 0 bridgehead atoms. The maximum Gasteiger partial charge on any atom is 0.228 e. The largest absolute Gasteiger partial charge is 0.493 e. The van der Waals surface area contributed by atoms with Crippen LogP contribution in [-0.2, 0) is 21.1 Å². The van der Waals surface area contributed by atoms with E-state index in [0.717, 1.165) is 16.8 Å². The molecule has 0 N–H and O–H groups in total. The van der Waals surface area contributed by atoms with Gasteiger partial charge in [0.2, 0.25) is 5.91 Å². The number of aromatic nitrogens is 2. The van der Waals surface area contributed by atoms with E-state index in [2.05, 4.69) is 0 Å². The predicted molar refractivity (Wildman–Crippen MR) is 146 cm³/mol. The number of benzene rings is 2. The zero-order chi connectivity index (χ0) is 26.6. The minimum Gasteiger partial charge on any atom is -0.493 e. The Bertz CT molecular complexity index is 1490. The number of amides is 1. The number of pyridine rings is 1. The summed E-state index contributed by atoms with van der Waals surface area (Å²) in [7, 11) is -3.43. The number of likely N-dealkylation sites (N-methyl/N-ethyl adjacent to an activating group) is 1. The van der Waals surface area contributed by atoms with E-state index in [1.54, 1.807) is 53.6 Å². The Morgan fingerprint density at radius 3 is 2.32 bits per heavy atom. The van der Waals surface area contributed by atoms with E-state index in [0.29, 0.717) is 35.2 Å². The second kappa shape index (κ2) is 11.4. The fraction of sp³-hybridized carbons (Fsp3) is 0.286. The fourth-order valence-electron chi connectivity index (χ4n) is 4.14. The Balaban J connectivity index is 1.53. The van der Waals surface area contributed by atoms with Gasteiger partial charge < -0.3 is 14.0 Å². The van der Waals surface area contributed by atoms with Gasteiger partial charge in [-0.15, -0.1) is 0 Å². The molecule has 0 fully saturated rings. The van der Waals surface area contributed by atoms with Crippen LogP contribution in [0.1, 0.15) is 25.1 Å². The molecule has 9 heteroatoms. The summed E-state index contributed by atoms with van der Waals surface area (Å²) in [5, 5.41) is 0.553. The molecule has 2 aromatic heterocycles. The van der Waals surface area contributed by atoms with Gasteiger partial charge in [0.1, 0.15) is 18.0 Å². The van der Waals surface area contributed by atoms with Gasteiger partial charge >= 0.3 is 0 Å². The second-order valence-electron chi connectivity index (χ2n) is 8.73. The number of hydrogen-bond acceptors (Lipinski definition) is 5. The molecule has 4 aromatic rings. The number of sulfone groups is 1. The predicted octanol–water partition coefficient (Wildman–Crippen LogP) is 5.23. The van der Waals surface area contributed by atoms with E-state index in [-0.39, 0.29) is 29.6 Å². The van der Waals surface area contributed by atoms with E-state index < -0.39 is 9.84 Å². The third kappa shape index (κ3) is 6.14. The van der Waals surface area contributed by atoms with Gasteiger partial charge in [-0.1, -0.05) is 29.3 Å². The molecular formula is C28H30ClN3O4S. The molecule has 4 rings (SSSR count). The molecule has 0 aliphatic rings. The summed E-state index contributed by atoms with van der Waals surface area (Å²) in [6.07, 6.45) is 1.96. The summed E-state index contributed by atoms with van der Waals surface area (Å²) >= 11 is 6.24. The number of hydrogen-bond donors (Lipinski definition) is 0. The molecule has 7 nitrogen and oxygen atoms in total. The first-order chi connectivity index (χ1) is 17.7. The fourth-order valence-corrected chi connectivity index (χ4v) is 5.39. The Kier molecular flexibility index (Phi) is 8.19. The van der Waals surface area contributed by atoms with Crippen molar-refractivity contribution in [2.24, 2.45) is 0 Å². The Labute approximate surface area is 222 Å². The topological polar surface area (TPSA) is 81.0 Å². The van der Waals surface area contributed by atoms with Crippen LogP contribution in [0.3, 0.4) is 0 Å². The molecule has 0 radical (unpaired) electrons. The van der Waals surface area contributed by atoms with Crippen molar-refractivity contribution in [3.8, 4) is 17.0 Å². The number of halogens is 1. The smallest absolute Gasteiger partial charge is 0.228 e. The average Bonchev–Trinajstić information content (AvgIpc) is 3.22. The molecule has 2 heterocycles. The third-order valence-electron chi connectivity index (χ3n) is 6.24. The van der Waals surface area contributed by atoms with Crippen LogP contribution in [0.15, 0.2) is 71.8 Å². The normalized spacial score (nSPS) is 11.6. The van der Waals surface area contributed by atoms with E-state index >= 15 is 0 Å². The number of ether oxygens (including phenoxy) is 1. The molecular weight excluding hydrogens is 510 g/mol. The number of fused-ring (bicyclic) bond motifs is 1. The molecule has 0 aliphatic carbocycles. The van der Waals surface area contributed by atoms with Gasteiger partial charge in [0.15, 0.2) is 9.84 Å². The quantitative estimate of drug-likeness (QED) is 0.276. The average molecular weight is 540 g/mol. The van der Waals surface area contributed by atoms with Gasteiger partial charge in [0.05, 0.1) is 33.5 Å². The number of aryl methyl sites for hydroxylation is 1. The van der Waals surface area contributed by atoms with Crippen molar-refractivity contribution in [2.75, 3.05) is 25.4 Å². The van der Waals surface area contributed by atoms with Crippen LogP contribution in [0.4, 0.5) is 0 Å². The maximum atomic E-state index is 12.9. The Hall–Kier alpha value is -3.36. The standard InChI is InChI=1S/C28H30ClN3O4S/c1-4-31(5-2)27(33)18-25-28(30-26-15-10-22(29)19-32(25)26)21-8-11-23(12-9-21)36-16-17-37(34,35)24-13-6-20(3)7-14-24/h6-15,19H,4-5,16-18H2,1-3H3. The first-order valence-electron chi connectivity index (χ1n) is 12.2. The van der Waals surface area contributed by atoms with Crippen molar-refractivity contribution >= 4 is 33.0 Å². The van der Waals surface area contributed by atoms with Gasteiger partial charge in [-0.05, 0) is 69.3 Å². The highest BCUT2D eigenvalue weighted by Crippen LogP contribution is 2.28. The van der Waals surface area contributed by atoms with E-state index in [9.17, 15) is 13.2 Å². The highest BCUT2D eigenvalue weighted by atomic mass is 35.5. The molecule has 0 saturated heterocycles. The lowest BCUT2D eigenvalue weighted by atomic mass is 10.1. The molecule has 0 aliphatic heterocycles. The summed E-state index contributed by atoms with van der Waals surface area (Å²) in [4.78, 5) is 19.8. The summed E-state index contributed by atoms with van der Waals surface area (Å²) in [6.45, 7) is 7.13. The van der Waals surface area contributed by atoms with Crippen molar-refractivity contribution in [2.45, 2.75) is 32.1 Å². The van der Waals surface area contributed by atoms with Crippen LogP contribution in [0.2, 0.25) is 5.02 Å². The first-order valence-corrected chi connectivity index (χ1v) is 14.2. The number of imidazole rings is 1. The monoisotopic (exact) mass is 539 g/mol. The van der Waals surface area contributed by atoms with E-state index in [1.165, 1.54) is 0 Å². The lowest BCUT2D eigenvalue weighted by Gasteiger charge is -2.18. The minimum absolute atomic E-state index is 0.0164. The second-order valence-corrected chi connectivity index (χ2v) is 11.3. The Morgan fingerprint density at radius 1 is 1.00 bits per heavy atom. The molecule has 0 saturated carbocycles. The van der Waals surface area contributed by atoms with Gasteiger partial charge in [0.25, 0.3) is 0 Å². The first kappa shape index (κ1) is 26.7. The number of carbonyl (C=O) groups excluding carboxylic acids is 1.